The molecule has 14 heavy (non-hydrogen) atoms. The molecular weight excluding hydrogens is 192 g/mol. The summed E-state index contributed by atoms with van der Waals surface area (Å²) in [5.74, 6) is -1.38. The maximum absolute atomic E-state index is 13.0. The van der Waals surface area contributed by atoms with E-state index in [0.717, 1.165) is 12.1 Å². The maximum atomic E-state index is 13.0. The second-order valence-electron chi connectivity index (χ2n) is 2.84. The molecule has 3 nitrogen and oxygen atoms in total. The van der Waals surface area contributed by atoms with E-state index < -0.39 is 24.3 Å². The molecule has 0 amide bonds. The van der Waals surface area contributed by atoms with Crippen LogP contribution < -0.4 is 5.32 Å². The topological polar surface area (TPSA) is 52.5 Å². The van der Waals surface area contributed by atoms with Crippen molar-refractivity contribution in [2.24, 2.45) is 0 Å². The number of aliphatic hydroxyl groups excluding tert-OH is 2. The summed E-state index contributed by atoms with van der Waals surface area (Å²) in [5, 5.41) is 20.0. The van der Waals surface area contributed by atoms with Crippen molar-refractivity contribution in [3.05, 3.63) is 29.8 Å². The van der Waals surface area contributed by atoms with E-state index in [2.05, 4.69) is 5.32 Å². The van der Waals surface area contributed by atoms with E-state index in [-0.39, 0.29) is 12.2 Å². The number of aliphatic hydroxyl groups is 2. The van der Waals surface area contributed by atoms with Crippen molar-refractivity contribution in [2.45, 2.75) is 6.10 Å². The van der Waals surface area contributed by atoms with Crippen molar-refractivity contribution in [1.82, 2.24) is 0 Å². The SMILES string of the molecule is OC[C@@H](O)CNc1ccc(F)cc1F. The minimum atomic E-state index is -0.959. The Kier molecular flexibility index (Phi) is 3.79. The Morgan fingerprint density at radius 1 is 1.36 bits per heavy atom. The zero-order chi connectivity index (χ0) is 10.6. The molecule has 1 aromatic carbocycles. The smallest absolute Gasteiger partial charge is 0.149 e. The number of rotatable bonds is 4. The Morgan fingerprint density at radius 3 is 2.64 bits per heavy atom. The van der Waals surface area contributed by atoms with E-state index in [1.807, 2.05) is 0 Å². The molecule has 0 unspecified atom stereocenters. The summed E-state index contributed by atoms with van der Waals surface area (Å²) in [7, 11) is 0. The lowest BCUT2D eigenvalue weighted by Gasteiger charge is -2.10. The fourth-order valence-corrected chi connectivity index (χ4v) is 0.925. The quantitative estimate of drug-likeness (QED) is 0.676. The van der Waals surface area contributed by atoms with Crippen LogP contribution in [0.5, 0.6) is 0 Å². The molecule has 3 N–H and O–H groups in total. The van der Waals surface area contributed by atoms with E-state index in [9.17, 15) is 8.78 Å². The summed E-state index contributed by atoms with van der Waals surface area (Å²) in [4.78, 5) is 0. The number of anilines is 1. The highest BCUT2D eigenvalue weighted by molar-refractivity contribution is 5.44. The van der Waals surface area contributed by atoms with E-state index in [1.54, 1.807) is 0 Å². The van der Waals surface area contributed by atoms with Gasteiger partial charge in [-0.25, -0.2) is 8.78 Å². The van der Waals surface area contributed by atoms with Crippen molar-refractivity contribution in [3.63, 3.8) is 0 Å². The minimum Gasteiger partial charge on any atom is -0.394 e. The first-order valence-electron chi connectivity index (χ1n) is 4.11. The van der Waals surface area contributed by atoms with Crippen LogP contribution in [-0.2, 0) is 0 Å². The Balaban J connectivity index is 2.59. The molecule has 0 aliphatic heterocycles. The van der Waals surface area contributed by atoms with Gasteiger partial charge in [-0.05, 0) is 12.1 Å². The van der Waals surface area contributed by atoms with Crippen LogP contribution >= 0.6 is 0 Å². The van der Waals surface area contributed by atoms with Gasteiger partial charge in [0.25, 0.3) is 0 Å². The standard InChI is InChI=1S/C9H11F2NO2/c10-6-1-2-9(8(11)3-6)12-4-7(14)5-13/h1-3,7,12-14H,4-5H2/t7-/m0/s1. The summed E-state index contributed by atoms with van der Waals surface area (Å²) in [6.45, 7) is -0.394. The lowest BCUT2D eigenvalue weighted by atomic mass is 10.3. The first-order valence-corrected chi connectivity index (χ1v) is 4.11. The van der Waals surface area contributed by atoms with Gasteiger partial charge in [-0.1, -0.05) is 0 Å². The Morgan fingerprint density at radius 2 is 2.07 bits per heavy atom. The van der Waals surface area contributed by atoms with Gasteiger partial charge in [0.05, 0.1) is 18.4 Å². The van der Waals surface area contributed by atoms with E-state index in [4.69, 9.17) is 10.2 Å². The highest BCUT2D eigenvalue weighted by Gasteiger charge is 2.05. The molecule has 78 valence electrons. The van der Waals surface area contributed by atoms with E-state index in [1.165, 1.54) is 6.07 Å². The largest absolute Gasteiger partial charge is 0.394 e. The average Bonchev–Trinajstić information content (AvgIpc) is 2.16. The molecule has 0 saturated carbocycles. The molecule has 1 atom stereocenters. The normalized spacial score (nSPS) is 12.6. The van der Waals surface area contributed by atoms with Crippen LogP contribution in [-0.4, -0.2) is 29.5 Å². The van der Waals surface area contributed by atoms with Crippen LogP contribution in [0.3, 0.4) is 0 Å². The van der Waals surface area contributed by atoms with Gasteiger partial charge < -0.3 is 15.5 Å². The molecule has 5 heteroatoms. The molecular formula is C9H11F2NO2. The average molecular weight is 203 g/mol. The fourth-order valence-electron chi connectivity index (χ4n) is 0.925. The van der Waals surface area contributed by atoms with Crippen molar-refractivity contribution >= 4 is 5.69 Å². The molecule has 0 spiro atoms. The van der Waals surface area contributed by atoms with Crippen molar-refractivity contribution in [1.29, 1.82) is 0 Å². The van der Waals surface area contributed by atoms with Gasteiger partial charge >= 0.3 is 0 Å². The van der Waals surface area contributed by atoms with Crippen LogP contribution in [0.1, 0.15) is 0 Å². The first kappa shape index (κ1) is 10.9. The second kappa shape index (κ2) is 4.88. The molecule has 0 bridgehead atoms. The van der Waals surface area contributed by atoms with E-state index in [0.29, 0.717) is 0 Å². The Bertz CT molecular complexity index is 307. The van der Waals surface area contributed by atoms with Crippen LogP contribution in [0.25, 0.3) is 0 Å². The van der Waals surface area contributed by atoms with Gasteiger partial charge in [0.1, 0.15) is 11.6 Å². The molecule has 0 radical (unpaired) electrons. The number of hydrogen-bond donors (Lipinski definition) is 3. The molecule has 0 fully saturated rings. The third-order valence-electron chi connectivity index (χ3n) is 1.67. The van der Waals surface area contributed by atoms with Crippen LogP contribution in [0, 0.1) is 11.6 Å². The first-order chi connectivity index (χ1) is 6.63. The van der Waals surface area contributed by atoms with E-state index >= 15 is 0 Å². The zero-order valence-electron chi connectivity index (χ0n) is 7.37. The summed E-state index contributed by atoms with van der Waals surface area (Å²) in [6, 6.07) is 3.08. The third-order valence-corrected chi connectivity index (χ3v) is 1.67. The minimum absolute atomic E-state index is 0.0129. The summed E-state index contributed by atoms with van der Waals surface area (Å²) in [6.07, 6.45) is -0.959. The molecule has 1 rings (SSSR count). The van der Waals surface area contributed by atoms with Gasteiger partial charge in [-0.3, -0.25) is 0 Å². The molecule has 1 aromatic rings. The van der Waals surface area contributed by atoms with Gasteiger partial charge in [0, 0.05) is 12.6 Å². The predicted octanol–water partition coefficient (Wildman–Crippen LogP) is 0.730. The number of halogens is 2. The van der Waals surface area contributed by atoms with Gasteiger partial charge in [-0.15, -0.1) is 0 Å². The van der Waals surface area contributed by atoms with Crippen molar-refractivity contribution < 1.29 is 19.0 Å². The highest BCUT2D eigenvalue weighted by atomic mass is 19.1. The Hall–Kier alpha value is -1.20. The molecule has 0 aromatic heterocycles. The van der Waals surface area contributed by atoms with Gasteiger partial charge in [0.15, 0.2) is 0 Å². The summed E-state index contributed by atoms with van der Waals surface area (Å²) < 4.78 is 25.4. The fraction of sp³-hybridized carbons (Fsp3) is 0.333. The predicted molar refractivity (Wildman–Crippen MR) is 47.9 cm³/mol. The second-order valence-corrected chi connectivity index (χ2v) is 2.84. The zero-order valence-corrected chi connectivity index (χ0v) is 7.37. The number of benzene rings is 1. The number of hydrogen-bond acceptors (Lipinski definition) is 3. The molecule has 0 aliphatic rings. The molecule has 0 aliphatic carbocycles. The molecule has 0 saturated heterocycles. The highest BCUT2D eigenvalue weighted by Crippen LogP contribution is 2.14. The number of nitrogens with one attached hydrogen (secondary N) is 1. The third kappa shape index (κ3) is 2.93. The van der Waals surface area contributed by atoms with Crippen molar-refractivity contribution in [2.75, 3.05) is 18.5 Å². The summed E-state index contributed by atoms with van der Waals surface area (Å²) >= 11 is 0. The van der Waals surface area contributed by atoms with Crippen LogP contribution in [0.2, 0.25) is 0 Å². The van der Waals surface area contributed by atoms with Gasteiger partial charge in [0.2, 0.25) is 0 Å². The molecule has 0 heterocycles. The van der Waals surface area contributed by atoms with Crippen molar-refractivity contribution in [3.8, 4) is 0 Å². The lowest BCUT2D eigenvalue weighted by Crippen LogP contribution is -2.23. The Labute approximate surface area is 80.0 Å². The lowest BCUT2D eigenvalue weighted by molar-refractivity contribution is 0.105. The summed E-state index contributed by atoms with van der Waals surface area (Å²) in [5.41, 5.74) is 0.0962. The monoisotopic (exact) mass is 203 g/mol. The maximum Gasteiger partial charge on any atom is 0.149 e. The van der Waals surface area contributed by atoms with Crippen LogP contribution in [0.15, 0.2) is 18.2 Å². The van der Waals surface area contributed by atoms with Crippen LogP contribution in [0.4, 0.5) is 14.5 Å². The van der Waals surface area contributed by atoms with Gasteiger partial charge in [-0.2, -0.15) is 0 Å².